The molecule has 26 heteroatoms. The Balaban J connectivity index is 0.00000396. The van der Waals surface area contributed by atoms with Gasteiger partial charge < -0.3 is 98.2 Å². The minimum atomic E-state index is -2.28. The van der Waals surface area contributed by atoms with E-state index in [0.717, 1.165) is 62.4 Å². The van der Waals surface area contributed by atoms with Gasteiger partial charge in [-0.15, -0.1) is 0 Å². The van der Waals surface area contributed by atoms with E-state index in [2.05, 4.69) is 53.1 Å². The van der Waals surface area contributed by atoms with Crippen molar-refractivity contribution < 1.29 is 83.9 Å². The number of hydrogen-bond acceptors (Lipinski definition) is 19. The van der Waals surface area contributed by atoms with E-state index in [1.54, 1.807) is 0 Å². The molecule has 3 aliphatic rings. The monoisotopic (exact) mass is 1120 g/mol. The van der Waals surface area contributed by atoms with Gasteiger partial charge in [0.25, 0.3) is 0 Å². The molecule has 0 bridgehead atoms. The molecular formula is C53H89N9O17. The van der Waals surface area contributed by atoms with Crippen molar-refractivity contribution in [2.24, 2.45) is 23.3 Å². The molecule has 1 aromatic carbocycles. The zero-order valence-electron chi connectivity index (χ0n) is 46.2. The summed E-state index contributed by atoms with van der Waals surface area (Å²) in [5, 5.41) is 101. The third-order valence-corrected chi connectivity index (χ3v) is 14.7. The molecule has 0 spiro atoms. The Morgan fingerprint density at radius 2 is 1.35 bits per heavy atom. The smallest absolute Gasteiger partial charge is 0.248 e. The predicted octanol–water partition coefficient (Wildman–Crippen LogP) is -3.07. The first-order valence-corrected chi connectivity index (χ1v) is 27.5. The van der Waals surface area contributed by atoms with Crippen molar-refractivity contribution in [1.82, 2.24) is 36.4 Å². The highest BCUT2D eigenvalue weighted by Crippen LogP contribution is 2.27. The molecule has 448 valence electrons. The molecule has 0 aliphatic carbocycles. The fraction of sp³-hybridized carbons (Fsp3) is 0.736. The number of aldehydes is 1. The third kappa shape index (κ3) is 20.6. The van der Waals surface area contributed by atoms with Crippen molar-refractivity contribution in [3.8, 4) is 5.75 Å². The number of unbranched alkanes of at least 4 members (excludes halogenated alkanes) is 5. The average molecular weight is 1120 g/mol. The van der Waals surface area contributed by atoms with Gasteiger partial charge in [0.2, 0.25) is 41.4 Å². The molecule has 0 aromatic heterocycles. The summed E-state index contributed by atoms with van der Waals surface area (Å²) in [5.74, 6) is -6.50. The highest BCUT2D eigenvalue weighted by Gasteiger charge is 2.49. The van der Waals surface area contributed by atoms with Crippen LogP contribution in [-0.4, -0.2) is 211 Å². The van der Waals surface area contributed by atoms with Crippen LogP contribution >= 0.6 is 0 Å². The van der Waals surface area contributed by atoms with Crippen molar-refractivity contribution in [2.75, 3.05) is 33.3 Å². The molecule has 3 heterocycles. The maximum Gasteiger partial charge on any atom is 0.248 e. The number of benzene rings is 1. The maximum absolute atomic E-state index is 14.5. The number of aliphatic hydroxyl groups excluding tert-OH is 7. The van der Waals surface area contributed by atoms with Crippen LogP contribution in [0.15, 0.2) is 24.3 Å². The van der Waals surface area contributed by atoms with Gasteiger partial charge in [-0.1, -0.05) is 77.8 Å². The number of carbonyl (C=O) groups is 8. The molecule has 0 saturated carbocycles. The summed E-state index contributed by atoms with van der Waals surface area (Å²) >= 11 is 0. The standard InChI is InChI=1S/C51H84N8O16.C2H5NO/c1-6-27(2)23-28(3)13-11-9-7-8-10-12-14-38(66)53-33-25-37(65)49(75-5)57-48(72)42-36(64)20-22-58(42)51(74)40(35(63)19-21-52)55-47(71)41(44(68)43(67)30-15-17-31(61)18-16-30)56-46(70)34-24-32(62)26-59(34)50(73)39(29(4)60)54-45(33)69;3-1-2-4/h15-18,27-29,32-37,39-44,49,60-65,67-68H,6-14,19-26,52H2,1-5H3,(H,53,66)(H,54,69)(H,55,71)(H,56,70)(H,57,72);2H,1,3H2. The van der Waals surface area contributed by atoms with Crippen LogP contribution in [0.1, 0.15) is 129 Å². The van der Waals surface area contributed by atoms with Crippen LogP contribution in [0.4, 0.5) is 0 Å². The molecule has 7 amide bonds. The average Bonchev–Trinajstić information content (AvgIpc) is 4.08. The van der Waals surface area contributed by atoms with Gasteiger partial charge in [0.1, 0.15) is 66.6 Å². The maximum atomic E-state index is 14.5. The summed E-state index contributed by atoms with van der Waals surface area (Å²) in [6, 6.07) is -6.41. The number of nitrogens with two attached hydrogens (primary N) is 2. The second kappa shape index (κ2) is 34.0. The fourth-order valence-electron chi connectivity index (χ4n) is 10.0. The van der Waals surface area contributed by atoms with E-state index in [-0.39, 0.29) is 50.2 Å². The van der Waals surface area contributed by atoms with Gasteiger partial charge in [0, 0.05) is 46.0 Å². The lowest BCUT2D eigenvalue weighted by Crippen LogP contribution is -2.64. The summed E-state index contributed by atoms with van der Waals surface area (Å²) in [6.45, 7) is 6.93. The Hall–Kier alpha value is -5.42. The van der Waals surface area contributed by atoms with E-state index in [9.17, 15) is 74.4 Å². The number of amides is 7. The number of phenolic OH excluding ortho intramolecular Hbond substituents is 1. The number of nitrogens with one attached hydrogen (secondary N) is 5. The topological polar surface area (TPSA) is 426 Å². The van der Waals surface area contributed by atoms with Gasteiger partial charge in [-0.3, -0.25) is 33.6 Å². The first-order valence-electron chi connectivity index (χ1n) is 27.5. The van der Waals surface area contributed by atoms with Gasteiger partial charge in [-0.25, -0.2) is 0 Å². The number of methoxy groups -OCH3 is 1. The molecule has 3 aliphatic heterocycles. The first kappa shape index (κ1) is 67.9. The largest absolute Gasteiger partial charge is 0.508 e. The van der Waals surface area contributed by atoms with Crippen molar-refractivity contribution in [3.05, 3.63) is 29.8 Å². The number of aromatic hydroxyl groups is 1. The summed E-state index contributed by atoms with van der Waals surface area (Å²) in [5.41, 5.74) is 10.3. The number of phenols is 1. The highest BCUT2D eigenvalue weighted by atomic mass is 16.5. The Bertz CT molecular complexity index is 2110. The van der Waals surface area contributed by atoms with Crippen LogP contribution in [-0.2, 0) is 43.1 Å². The molecule has 1 aromatic rings. The number of aliphatic hydroxyl groups is 7. The number of carbonyl (C=O) groups excluding carboxylic acids is 8. The Labute approximate surface area is 461 Å². The molecular weight excluding hydrogens is 1030 g/mol. The molecule has 16 atom stereocenters. The van der Waals surface area contributed by atoms with Gasteiger partial charge in [0.15, 0.2) is 6.23 Å². The van der Waals surface area contributed by atoms with Crippen LogP contribution in [0.3, 0.4) is 0 Å². The number of ether oxygens (including phenoxy) is 1. The molecule has 17 N–H and O–H groups in total. The Morgan fingerprint density at radius 1 is 0.759 bits per heavy atom. The van der Waals surface area contributed by atoms with E-state index >= 15 is 0 Å². The van der Waals surface area contributed by atoms with Crippen molar-refractivity contribution in [1.29, 1.82) is 0 Å². The molecule has 0 radical (unpaired) electrons. The molecule has 3 saturated heterocycles. The molecule has 16 unspecified atom stereocenters. The van der Waals surface area contributed by atoms with Crippen LogP contribution in [0.25, 0.3) is 0 Å². The summed E-state index contributed by atoms with van der Waals surface area (Å²) in [4.78, 5) is 110. The second-order valence-corrected chi connectivity index (χ2v) is 21.1. The van der Waals surface area contributed by atoms with E-state index in [4.69, 9.17) is 15.3 Å². The third-order valence-electron chi connectivity index (χ3n) is 14.7. The number of rotatable bonds is 22. The van der Waals surface area contributed by atoms with E-state index in [0.29, 0.717) is 31.0 Å². The summed E-state index contributed by atoms with van der Waals surface area (Å²) in [7, 11) is 1.10. The molecule has 3 fully saturated rings. The van der Waals surface area contributed by atoms with E-state index in [1.807, 2.05) is 0 Å². The van der Waals surface area contributed by atoms with Crippen molar-refractivity contribution >= 4 is 47.6 Å². The minimum Gasteiger partial charge on any atom is -0.508 e. The van der Waals surface area contributed by atoms with Crippen LogP contribution in [0.2, 0.25) is 0 Å². The quantitative estimate of drug-likeness (QED) is 0.0405. The number of hydrogen-bond donors (Lipinski definition) is 15. The van der Waals surface area contributed by atoms with Crippen LogP contribution in [0, 0.1) is 11.8 Å². The van der Waals surface area contributed by atoms with Crippen molar-refractivity contribution in [2.45, 2.75) is 203 Å². The lowest BCUT2D eigenvalue weighted by atomic mass is 9.91. The zero-order valence-corrected chi connectivity index (χ0v) is 46.2. The van der Waals surface area contributed by atoms with Crippen LogP contribution < -0.4 is 38.1 Å². The SMILES string of the molecule is CCC(C)CC(C)CCCCCCCCC(=O)NC1CC(O)C(OC)NC(=O)C2C(O)CCN2C(=O)C(C(O)CCN)NC(=O)C(C(O)C(O)c2ccc(O)cc2)NC(=O)C2CC(O)CN2C(=O)C(C(C)O)NC1=O.NCC=O. The zero-order chi connectivity index (χ0) is 59.1. The predicted molar refractivity (Wildman–Crippen MR) is 285 cm³/mol. The number of nitrogens with zero attached hydrogens (tertiary/aromatic N) is 2. The summed E-state index contributed by atoms with van der Waals surface area (Å²) < 4.78 is 5.41. The Kier molecular flexibility index (Phi) is 29.2. The first-order chi connectivity index (χ1) is 37.4. The molecule has 79 heavy (non-hydrogen) atoms. The lowest BCUT2D eigenvalue weighted by Gasteiger charge is -2.34. The van der Waals surface area contributed by atoms with Gasteiger partial charge >= 0.3 is 0 Å². The van der Waals surface area contributed by atoms with E-state index in [1.165, 1.54) is 30.7 Å². The Morgan fingerprint density at radius 3 is 1.95 bits per heavy atom. The van der Waals surface area contributed by atoms with Gasteiger partial charge in [-0.2, -0.15) is 0 Å². The summed E-state index contributed by atoms with van der Waals surface area (Å²) in [6.07, 6.45) is -6.56. The van der Waals surface area contributed by atoms with Crippen molar-refractivity contribution in [3.63, 3.8) is 0 Å². The number of fused-ring (bicyclic) bond motifs is 2. The van der Waals surface area contributed by atoms with Gasteiger partial charge in [0.05, 0.1) is 24.4 Å². The fourth-order valence-corrected chi connectivity index (χ4v) is 10.0. The highest BCUT2D eigenvalue weighted by molar-refractivity contribution is 5.98. The molecule has 4 rings (SSSR count). The normalized spacial score (nSPS) is 27.9. The second-order valence-electron chi connectivity index (χ2n) is 21.1. The van der Waals surface area contributed by atoms with Gasteiger partial charge in [-0.05, 0) is 68.7 Å². The van der Waals surface area contributed by atoms with E-state index < -0.39 is 146 Å². The minimum absolute atomic E-state index is 0.0269. The van der Waals surface area contributed by atoms with Crippen LogP contribution in [0.5, 0.6) is 5.75 Å². The lowest BCUT2D eigenvalue weighted by molar-refractivity contribution is -0.149. The molecule has 26 nitrogen and oxygen atoms in total.